The minimum Gasteiger partial charge on any atom is -0.373 e. The zero-order valence-electron chi connectivity index (χ0n) is 10.9. The molecule has 1 aromatic heterocycles. The van der Waals surface area contributed by atoms with Gasteiger partial charge in [-0.1, -0.05) is 13.8 Å². The fourth-order valence-corrected chi connectivity index (χ4v) is 1.63. The molecule has 0 radical (unpaired) electrons. The Morgan fingerprint density at radius 3 is 2.82 bits per heavy atom. The molecule has 1 N–H and O–H groups in total. The lowest BCUT2D eigenvalue weighted by molar-refractivity contribution is 0.539. The number of nitrogens with zero attached hydrogens (tertiary/aromatic N) is 3. The van der Waals surface area contributed by atoms with E-state index in [1.165, 1.54) is 4.68 Å². The molecule has 0 bridgehead atoms. The lowest BCUT2D eigenvalue weighted by Crippen LogP contribution is -2.30. The fourth-order valence-electron chi connectivity index (χ4n) is 1.63. The molecule has 0 fully saturated rings. The molecule has 96 valence electrons. The van der Waals surface area contributed by atoms with Crippen LogP contribution in [0, 0.1) is 0 Å². The van der Waals surface area contributed by atoms with Crippen molar-refractivity contribution in [2.45, 2.75) is 26.8 Å². The summed E-state index contributed by atoms with van der Waals surface area (Å²) in [7, 11) is 1.98. The zero-order chi connectivity index (χ0) is 12.7. The summed E-state index contributed by atoms with van der Waals surface area (Å²) in [6.45, 7) is 7.38. The highest BCUT2D eigenvalue weighted by atomic mass is 16.1. The standard InChI is InChI=1S/C12H22N4O/c1-4-7-15(3)11-9-12(17)16(14-10-11)8-6-13-5-2/h9-10,13H,4-8H2,1-3H3. The Kier molecular flexibility index (Phi) is 5.69. The van der Waals surface area contributed by atoms with Crippen LogP contribution in [0.2, 0.25) is 0 Å². The van der Waals surface area contributed by atoms with Crippen LogP contribution in [0.3, 0.4) is 0 Å². The largest absolute Gasteiger partial charge is 0.373 e. The van der Waals surface area contributed by atoms with Crippen molar-refractivity contribution in [3.05, 3.63) is 22.6 Å². The second-order valence-corrected chi connectivity index (χ2v) is 4.05. The van der Waals surface area contributed by atoms with Crippen LogP contribution in [-0.2, 0) is 6.54 Å². The van der Waals surface area contributed by atoms with Gasteiger partial charge in [0.1, 0.15) is 0 Å². The zero-order valence-corrected chi connectivity index (χ0v) is 10.9. The number of hydrogen-bond donors (Lipinski definition) is 1. The van der Waals surface area contributed by atoms with Gasteiger partial charge in [0.15, 0.2) is 0 Å². The Balaban J connectivity index is 2.69. The van der Waals surface area contributed by atoms with Gasteiger partial charge in [-0.25, -0.2) is 4.68 Å². The summed E-state index contributed by atoms with van der Waals surface area (Å²) in [6, 6.07) is 1.65. The number of anilines is 1. The van der Waals surface area contributed by atoms with Gasteiger partial charge in [0, 0.05) is 26.2 Å². The molecule has 5 nitrogen and oxygen atoms in total. The topological polar surface area (TPSA) is 50.2 Å². The van der Waals surface area contributed by atoms with Crippen molar-refractivity contribution in [1.82, 2.24) is 15.1 Å². The number of nitrogens with one attached hydrogen (secondary N) is 1. The van der Waals surface area contributed by atoms with Crippen molar-refractivity contribution in [2.75, 3.05) is 31.6 Å². The third-order valence-electron chi connectivity index (χ3n) is 2.61. The highest BCUT2D eigenvalue weighted by Crippen LogP contribution is 2.06. The van der Waals surface area contributed by atoms with E-state index in [0.29, 0.717) is 6.54 Å². The predicted molar refractivity (Wildman–Crippen MR) is 70.6 cm³/mol. The maximum absolute atomic E-state index is 11.8. The second kappa shape index (κ2) is 7.06. The molecule has 0 amide bonds. The smallest absolute Gasteiger partial charge is 0.268 e. The summed E-state index contributed by atoms with van der Waals surface area (Å²) in [5.74, 6) is 0. The lowest BCUT2D eigenvalue weighted by atomic mass is 10.3. The summed E-state index contributed by atoms with van der Waals surface area (Å²) in [6.07, 6.45) is 2.81. The molecule has 0 aromatic carbocycles. The van der Waals surface area contributed by atoms with Crippen molar-refractivity contribution in [1.29, 1.82) is 0 Å². The van der Waals surface area contributed by atoms with Crippen molar-refractivity contribution in [2.24, 2.45) is 0 Å². The van der Waals surface area contributed by atoms with E-state index < -0.39 is 0 Å². The molecule has 0 unspecified atom stereocenters. The van der Waals surface area contributed by atoms with E-state index in [1.807, 2.05) is 18.9 Å². The van der Waals surface area contributed by atoms with Crippen LogP contribution < -0.4 is 15.8 Å². The summed E-state index contributed by atoms with van der Waals surface area (Å²) in [4.78, 5) is 13.8. The van der Waals surface area contributed by atoms with Crippen molar-refractivity contribution in [3.63, 3.8) is 0 Å². The quantitative estimate of drug-likeness (QED) is 0.710. The van der Waals surface area contributed by atoms with E-state index in [0.717, 1.165) is 31.7 Å². The third-order valence-corrected chi connectivity index (χ3v) is 2.61. The van der Waals surface area contributed by atoms with Gasteiger partial charge in [-0.2, -0.15) is 5.10 Å². The minimum atomic E-state index is -0.0386. The van der Waals surface area contributed by atoms with Gasteiger partial charge in [-0.05, 0) is 13.0 Å². The molecule has 0 spiro atoms. The first-order valence-corrected chi connectivity index (χ1v) is 6.18. The second-order valence-electron chi connectivity index (χ2n) is 4.05. The summed E-state index contributed by atoms with van der Waals surface area (Å²) >= 11 is 0. The van der Waals surface area contributed by atoms with E-state index in [4.69, 9.17) is 0 Å². The Morgan fingerprint density at radius 1 is 1.47 bits per heavy atom. The molecule has 17 heavy (non-hydrogen) atoms. The van der Waals surface area contributed by atoms with Gasteiger partial charge in [-0.3, -0.25) is 4.79 Å². The summed E-state index contributed by atoms with van der Waals surface area (Å²) in [5.41, 5.74) is 0.847. The fraction of sp³-hybridized carbons (Fsp3) is 0.667. The number of likely N-dealkylation sites (N-methyl/N-ethyl adjacent to an activating group) is 1. The molecule has 1 aromatic rings. The number of aromatic nitrogens is 2. The van der Waals surface area contributed by atoms with Gasteiger partial charge in [0.25, 0.3) is 5.56 Å². The first-order chi connectivity index (χ1) is 8.19. The van der Waals surface area contributed by atoms with Gasteiger partial charge >= 0.3 is 0 Å². The Morgan fingerprint density at radius 2 is 2.24 bits per heavy atom. The molecular weight excluding hydrogens is 216 g/mol. The predicted octanol–water partition coefficient (Wildman–Crippen LogP) is 0.699. The highest BCUT2D eigenvalue weighted by Gasteiger charge is 2.03. The average molecular weight is 238 g/mol. The maximum atomic E-state index is 11.8. The Bertz CT molecular complexity index is 388. The monoisotopic (exact) mass is 238 g/mol. The Labute approximate surface area is 102 Å². The first kappa shape index (κ1) is 13.7. The van der Waals surface area contributed by atoms with Gasteiger partial charge in [-0.15, -0.1) is 0 Å². The van der Waals surface area contributed by atoms with E-state index in [2.05, 4.69) is 17.3 Å². The SMILES string of the molecule is CCCN(C)c1cnn(CCNCC)c(=O)c1. The summed E-state index contributed by atoms with van der Waals surface area (Å²) < 4.78 is 1.49. The molecule has 0 aliphatic heterocycles. The Hall–Kier alpha value is -1.36. The average Bonchev–Trinajstić information content (AvgIpc) is 2.31. The van der Waals surface area contributed by atoms with Crippen molar-refractivity contribution >= 4 is 5.69 Å². The van der Waals surface area contributed by atoms with Crippen LogP contribution in [0.25, 0.3) is 0 Å². The first-order valence-electron chi connectivity index (χ1n) is 6.18. The van der Waals surface area contributed by atoms with E-state index in [9.17, 15) is 4.79 Å². The molecule has 0 saturated heterocycles. The van der Waals surface area contributed by atoms with Crippen LogP contribution in [0.5, 0.6) is 0 Å². The maximum Gasteiger partial charge on any atom is 0.268 e. The van der Waals surface area contributed by atoms with Gasteiger partial charge in [0.2, 0.25) is 0 Å². The molecule has 1 rings (SSSR count). The van der Waals surface area contributed by atoms with Crippen molar-refractivity contribution in [3.8, 4) is 0 Å². The van der Waals surface area contributed by atoms with E-state index in [-0.39, 0.29) is 5.56 Å². The lowest BCUT2D eigenvalue weighted by Gasteiger charge is -2.17. The van der Waals surface area contributed by atoms with Crippen LogP contribution >= 0.6 is 0 Å². The van der Waals surface area contributed by atoms with Crippen LogP contribution in [0.1, 0.15) is 20.3 Å². The molecular formula is C12H22N4O. The van der Waals surface area contributed by atoms with Gasteiger partial charge < -0.3 is 10.2 Å². The highest BCUT2D eigenvalue weighted by molar-refractivity contribution is 5.41. The van der Waals surface area contributed by atoms with Crippen molar-refractivity contribution < 1.29 is 0 Å². The summed E-state index contributed by atoms with van der Waals surface area (Å²) in [5, 5.41) is 7.35. The van der Waals surface area contributed by atoms with Crippen LogP contribution in [0.4, 0.5) is 5.69 Å². The van der Waals surface area contributed by atoms with Crippen LogP contribution in [0.15, 0.2) is 17.1 Å². The molecule has 0 saturated carbocycles. The minimum absolute atomic E-state index is 0.0386. The molecule has 0 atom stereocenters. The molecule has 1 heterocycles. The van der Waals surface area contributed by atoms with Crippen LogP contribution in [-0.4, -0.2) is 36.5 Å². The normalized spacial score (nSPS) is 10.5. The third kappa shape index (κ3) is 4.19. The molecule has 0 aliphatic carbocycles. The molecule has 5 heteroatoms. The van der Waals surface area contributed by atoms with E-state index in [1.54, 1.807) is 12.3 Å². The van der Waals surface area contributed by atoms with E-state index >= 15 is 0 Å². The molecule has 0 aliphatic rings. The number of rotatable bonds is 7. The van der Waals surface area contributed by atoms with Gasteiger partial charge in [0.05, 0.1) is 18.4 Å². The number of hydrogen-bond acceptors (Lipinski definition) is 4.